The SMILES string of the molecule is CC1(C)COCCC1NC(=O)c1cc(Cc2ccc(-n3cccn3)cc2)c2ccsc2n1. The summed E-state index contributed by atoms with van der Waals surface area (Å²) in [7, 11) is 0. The second-order valence-electron chi connectivity index (χ2n) is 8.96. The van der Waals surface area contributed by atoms with Gasteiger partial charge in [0.25, 0.3) is 5.91 Å². The number of benzene rings is 1. The normalized spacial score (nSPS) is 18.0. The average Bonchev–Trinajstić information content (AvgIpc) is 3.48. The number of carbonyl (C=O) groups excluding carboxylic acids is 1. The van der Waals surface area contributed by atoms with Gasteiger partial charge in [0.2, 0.25) is 0 Å². The van der Waals surface area contributed by atoms with E-state index in [1.165, 1.54) is 5.56 Å². The van der Waals surface area contributed by atoms with Gasteiger partial charge < -0.3 is 10.1 Å². The summed E-state index contributed by atoms with van der Waals surface area (Å²) in [5.41, 5.74) is 3.69. The maximum absolute atomic E-state index is 13.1. The number of fused-ring (bicyclic) bond motifs is 1. The van der Waals surface area contributed by atoms with Gasteiger partial charge in [-0.2, -0.15) is 5.10 Å². The van der Waals surface area contributed by atoms with Gasteiger partial charge in [0.15, 0.2) is 0 Å². The van der Waals surface area contributed by atoms with Crippen molar-refractivity contribution in [2.45, 2.75) is 32.7 Å². The standard InChI is InChI=1S/C25H26N4O2S/c1-25(2)16-31-12-8-22(25)28-23(30)21-15-18(20-9-13-32-24(20)27-21)14-17-4-6-19(7-5-17)29-11-3-10-26-29/h3-7,9-11,13,15,22H,8,12,14,16H2,1-2H3,(H,28,30). The minimum atomic E-state index is -0.115. The van der Waals surface area contributed by atoms with Gasteiger partial charge in [-0.15, -0.1) is 11.3 Å². The van der Waals surface area contributed by atoms with Crippen LogP contribution in [-0.2, 0) is 11.2 Å². The fourth-order valence-corrected chi connectivity index (χ4v) is 5.02. The Kier molecular flexibility index (Phi) is 5.53. The van der Waals surface area contributed by atoms with Crippen molar-refractivity contribution in [1.82, 2.24) is 20.1 Å². The largest absolute Gasteiger partial charge is 0.381 e. The molecule has 1 fully saturated rings. The van der Waals surface area contributed by atoms with Crippen LogP contribution >= 0.6 is 11.3 Å². The molecule has 7 heteroatoms. The summed E-state index contributed by atoms with van der Waals surface area (Å²) < 4.78 is 7.44. The van der Waals surface area contributed by atoms with Crippen molar-refractivity contribution in [1.29, 1.82) is 0 Å². The van der Waals surface area contributed by atoms with E-state index in [1.54, 1.807) is 17.5 Å². The second-order valence-corrected chi connectivity index (χ2v) is 9.85. The number of amides is 1. The van der Waals surface area contributed by atoms with E-state index < -0.39 is 0 Å². The zero-order valence-electron chi connectivity index (χ0n) is 18.2. The van der Waals surface area contributed by atoms with Gasteiger partial charge in [-0.05, 0) is 59.7 Å². The van der Waals surface area contributed by atoms with Crippen molar-refractivity contribution in [2.75, 3.05) is 13.2 Å². The van der Waals surface area contributed by atoms with E-state index in [-0.39, 0.29) is 17.4 Å². The van der Waals surface area contributed by atoms with Crippen LogP contribution < -0.4 is 5.32 Å². The van der Waals surface area contributed by atoms with E-state index in [0.29, 0.717) is 18.9 Å². The van der Waals surface area contributed by atoms with Crippen LogP contribution in [0.1, 0.15) is 41.9 Å². The van der Waals surface area contributed by atoms with Crippen LogP contribution in [-0.4, -0.2) is 39.9 Å². The second kappa shape index (κ2) is 8.48. The first-order valence-corrected chi connectivity index (χ1v) is 11.7. The number of pyridine rings is 1. The van der Waals surface area contributed by atoms with E-state index in [2.05, 4.69) is 59.6 Å². The monoisotopic (exact) mass is 446 g/mol. The van der Waals surface area contributed by atoms with Crippen LogP contribution in [0.15, 0.2) is 60.2 Å². The smallest absolute Gasteiger partial charge is 0.270 e. The number of ether oxygens (including phenoxy) is 1. The number of carbonyl (C=O) groups is 1. The molecule has 5 rings (SSSR count). The molecule has 0 bridgehead atoms. The molecule has 1 unspecified atom stereocenters. The third-order valence-corrected chi connectivity index (χ3v) is 6.94. The summed E-state index contributed by atoms with van der Waals surface area (Å²) in [6.45, 7) is 5.58. The lowest BCUT2D eigenvalue weighted by Gasteiger charge is -2.38. The molecular weight excluding hydrogens is 420 g/mol. The summed E-state index contributed by atoms with van der Waals surface area (Å²) in [5, 5.41) is 10.6. The van der Waals surface area contributed by atoms with Gasteiger partial charge >= 0.3 is 0 Å². The number of thiophene rings is 1. The van der Waals surface area contributed by atoms with E-state index in [0.717, 1.165) is 34.3 Å². The van der Waals surface area contributed by atoms with Gasteiger partial charge in [0.05, 0.1) is 12.3 Å². The quantitative estimate of drug-likeness (QED) is 0.486. The Hall–Kier alpha value is -3.03. The molecule has 32 heavy (non-hydrogen) atoms. The van der Waals surface area contributed by atoms with Crippen LogP contribution in [0.2, 0.25) is 0 Å². The highest BCUT2D eigenvalue weighted by molar-refractivity contribution is 7.16. The van der Waals surface area contributed by atoms with Gasteiger partial charge in [-0.25, -0.2) is 9.67 Å². The van der Waals surface area contributed by atoms with Crippen molar-refractivity contribution in [3.63, 3.8) is 0 Å². The lowest BCUT2D eigenvalue weighted by molar-refractivity contribution is -0.0116. The molecule has 1 amide bonds. The molecule has 1 aromatic carbocycles. The van der Waals surface area contributed by atoms with E-state index in [1.807, 2.05) is 28.4 Å². The Morgan fingerprint density at radius 3 is 2.88 bits per heavy atom. The molecule has 0 aliphatic carbocycles. The first-order chi connectivity index (χ1) is 15.5. The lowest BCUT2D eigenvalue weighted by atomic mass is 9.82. The third-order valence-electron chi connectivity index (χ3n) is 6.13. The highest BCUT2D eigenvalue weighted by Crippen LogP contribution is 2.29. The lowest BCUT2D eigenvalue weighted by Crippen LogP contribution is -2.50. The van der Waals surface area contributed by atoms with Crippen LogP contribution in [0, 0.1) is 5.41 Å². The van der Waals surface area contributed by atoms with Crippen molar-refractivity contribution in [3.8, 4) is 5.69 Å². The van der Waals surface area contributed by atoms with Gasteiger partial charge in [0.1, 0.15) is 10.5 Å². The molecule has 0 saturated carbocycles. The molecule has 1 saturated heterocycles. The van der Waals surface area contributed by atoms with Crippen LogP contribution in [0.4, 0.5) is 0 Å². The Bertz CT molecular complexity index is 1230. The molecule has 4 heterocycles. The Morgan fingerprint density at radius 1 is 1.28 bits per heavy atom. The Morgan fingerprint density at radius 2 is 2.12 bits per heavy atom. The van der Waals surface area contributed by atoms with Gasteiger partial charge in [0, 0.05) is 35.8 Å². The molecule has 6 nitrogen and oxygen atoms in total. The molecular formula is C25H26N4O2S. The fraction of sp³-hybridized carbons (Fsp3) is 0.320. The van der Waals surface area contributed by atoms with Gasteiger partial charge in [-0.1, -0.05) is 26.0 Å². The van der Waals surface area contributed by atoms with Gasteiger partial charge in [-0.3, -0.25) is 4.79 Å². The minimum absolute atomic E-state index is 0.0721. The third kappa shape index (κ3) is 4.18. The predicted molar refractivity (Wildman–Crippen MR) is 126 cm³/mol. The molecule has 1 aliphatic rings. The van der Waals surface area contributed by atoms with Crippen LogP contribution in [0.3, 0.4) is 0 Å². The Balaban J connectivity index is 1.40. The number of aromatic nitrogens is 3. The highest BCUT2D eigenvalue weighted by Gasteiger charge is 2.34. The predicted octanol–water partition coefficient (Wildman–Crippen LogP) is 4.62. The first-order valence-electron chi connectivity index (χ1n) is 10.8. The van der Waals surface area contributed by atoms with Crippen molar-refractivity contribution >= 4 is 27.5 Å². The molecule has 1 N–H and O–H groups in total. The summed E-state index contributed by atoms with van der Waals surface area (Å²) in [6, 6.07) is 14.4. The number of hydrogen-bond donors (Lipinski definition) is 1. The fourth-order valence-electron chi connectivity index (χ4n) is 4.21. The Labute approximate surface area is 191 Å². The zero-order valence-corrected chi connectivity index (χ0v) is 19.1. The first kappa shape index (κ1) is 20.8. The number of nitrogens with one attached hydrogen (secondary N) is 1. The molecule has 3 aromatic heterocycles. The summed E-state index contributed by atoms with van der Waals surface area (Å²) >= 11 is 1.57. The van der Waals surface area contributed by atoms with E-state index >= 15 is 0 Å². The topological polar surface area (TPSA) is 69.0 Å². The molecule has 1 aliphatic heterocycles. The number of hydrogen-bond acceptors (Lipinski definition) is 5. The van der Waals surface area contributed by atoms with Crippen LogP contribution in [0.25, 0.3) is 15.9 Å². The van der Waals surface area contributed by atoms with E-state index in [4.69, 9.17) is 4.74 Å². The van der Waals surface area contributed by atoms with Crippen molar-refractivity contribution in [3.05, 3.63) is 77.1 Å². The number of rotatable bonds is 5. The van der Waals surface area contributed by atoms with Crippen molar-refractivity contribution < 1.29 is 9.53 Å². The maximum Gasteiger partial charge on any atom is 0.270 e. The summed E-state index contributed by atoms with van der Waals surface area (Å²) in [6.07, 6.45) is 5.25. The molecule has 4 aromatic rings. The minimum Gasteiger partial charge on any atom is -0.381 e. The number of nitrogens with zero attached hydrogens (tertiary/aromatic N) is 3. The maximum atomic E-state index is 13.1. The molecule has 0 spiro atoms. The van der Waals surface area contributed by atoms with E-state index in [9.17, 15) is 4.79 Å². The van der Waals surface area contributed by atoms with Crippen LogP contribution in [0.5, 0.6) is 0 Å². The molecule has 0 radical (unpaired) electrons. The molecule has 1 atom stereocenters. The molecule has 164 valence electrons. The highest BCUT2D eigenvalue weighted by atomic mass is 32.1. The summed E-state index contributed by atoms with van der Waals surface area (Å²) in [5.74, 6) is -0.115. The average molecular weight is 447 g/mol. The van der Waals surface area contributed by atoms with Crippen molar-refractivity contribution in [2.24, 2.45) is 5.41 Å². The zero-order chi connectivity index (χ0) is 22.1. The summed E-state index contributed by atoms with van der Waals surface area (Å²) in [4.78, 5) is 18.7.